The predicted molar refractivity (Wildman–Crippen MR) is 104 cm³/mol. The molecule has 1 fully saturated rings. The first-order valence-corrected chi connectivity index (χ1v) is 9.81. The molecule has 1 aliphatic carbocycles. The molecule has 0 atom stereocenters. The SMILES string of the molecule is CC1(C)Cc2cc(Cl)cc(COc3c(F)cc(C4(CC(=O)O)CC4)cc3F)c2O1. The topological polar surface area (TPSA) is 55.8 Å². The lowest BCUT2D eigenvalue weighted by atomic mass is 9.92. The van der Waals surface area contributed by atoms with E-state index in [1.165, 1.54) is 12.1 Å². The molecule has 2 aliphatic rings. The maximum Gasteiger partial charge on any atom is 0.304 e. The number of ether oxygens (including phenoxy) is 2. The number of carboxylic acids is 1. The molecule has 0 spiro atoms. The fraction of sp³-hybridized carbons (Fsp3) is 0.409. The van der Waals surface area contributed by atoms with Crippen LogP contribution in [0.1, 0.15) is 49.8 Å². The molecule has 2 aromatic rings. The molecular weight excluding hydrogens is 402 g/mol. The number of hydrogen-bond acceptors (Lipinski definition) is 3. The van der Waals surface area contributed by atoms with Gasteiger partial charge in [-0.2, -0.15) is 0 Å². The van der Waals surface area contributed by atoms with Crippen LogP contribution in [0.2, 0.25) is 5.02 Å². The van der Waals surface area contributed by atoms with Gasteiger partial charge in [-0.1, -0.05) is 11.6 Å². The van der Waals surface area contributed by atoms with Crippen LogP contribution in [0.4, 0.5) is 8.78 Å². The lowest BCUT2D eigenvalue weighted by Gasteiger charge is -2.19. The van der Waals surface area contributed by atoms with Gasteiger partial charge in [-0.05, 0) is 62.1 Å². The molecular formula is C22H21ClF2O4. The Kier molecular flexibility index (Phi) is 4.73. The van der Waals surface area contributed by atoms with Gasteiger partial charge >= 0.3 is 5.97 Å². The third-order valence-electron chi connectivity index (χ3n) is 5.53. The van der Waals surface area contributed by atoms with Crippen LogP contribution in [0.25, 0.3) is 0 Å². The van der Waals surface area contributed by atoms with Gasteiger partial charge in [-0.3, -0.25) is 4.79 Å². The molecule has 0 bridgehead atoms. The van der Waals surface area contributed by atoms with Crippen LogP contribution >= 0.6 is 11.6 Å². The van der Waals surface area contributed by atoms with E-state index in [9.17, 15) is 13.6 Å². The van der Waals surface area contributed by atoms with Gasteiger partial charge in [0.2, 0.25) is 0 Å². The number of rotatable bonds is 6. The Morgan fingerprint density at radius 2 is 1.86 bits per heavy atom. The van der Waals surface area contributed by atoms with Crippen molar-refractivity contribution in [3.05, 3.63) is 57.6 Å². The number of aliphatic carboxylic acids is 1. The first-order chi connectivity index (χ1) is 13.6. The summed E-state index contributed by atoms with van der Waals surface area (Å²) in [4.78, 5) is 11.1. The van der Waals surface area contributed by atoms with E-state index < -0.39 is 28.8 Å². The standard InChI is InChI=1S/C22H21ClF2O4/c1-21(2)9-12-5-15(23)6-13(19(12)29-21)11-28-20-16(24)7-14(8-17(20)25)22(3-4-22)10-18(26)27/h5-8H,3-4,9-11H2,1-2H3,(H,26,27). The van der Waals surface area contributed by atoms with Crippen LogP contribution in [0.3, 0.4) is 0 Å². The molecule has 2 aromatic carbocycles. The molecule has 154 valence electrons. The zero-order chi connectivity index (χ0) is 21.0. The Morgan fingerprint density at radius 3 is 2.45 bits per heavy atom. The van der Waals surface area contributed by atoms with E-state index in [0.717, 1.165) is 5.56 Å². The number of halogens is 3. The summed E-state index contributed by atoms with van der Waals surface area (Å²) < 4.78 is 40.7. The Balaban J connectivity index is 1.57. The zero-order valence-electron chi connectivity index (χ0n) is 16.2. The molecule has 7 heteroatoms. The van der Waals surface area contributed by atoms with Crippen molar-refractivity contribution in [2.24, 2.45) is 0 Å². The fourth-order valence-electron chi connectivity index (χ4n) is 4.01. The van der Waals surface area contributed by atoms with Crippen LogP contribution in [0.15, 0.2) is 24.3 Å². The quantitative estimate of drug-likeness (QED) is 0.675. The Morgan fingerprint density at radius 1 is 1.21 bits per heavy atom. The molecule has 1 N–H and O–H groups in total. The van der Waals surface area contributed by atoms with Gasteiger partial charge in [0.15, 0.2) is 17.4 Å². The minimum atomic E-state index is -0.985. The van der Waals surface area contributed by atoms with Crippen molar-refractivity contribution in [1.82, 2.24) is 0 Å². The van der Waals surface area contributed by atoms with E-state index in [1.807, 2.05) is 19.9 Å². The maximum atomic E-state index is 14.6. The van der Waals surface area contributed by atoms with Crippen LogP contribution in [-0.4, -0.2) is 16.7 Å². The van der Waals surface area contributed by atoms with E-state index in [0.29, 0.717) is 41.2 Å². The fourth-order valence-corrected chi connectivity index (χ4v) is 4.28. The predicted octanol–water partition coefficient (Wildman–Crippen LogP) is 5.42. The van der Waals surface area contributed by atoms with Gasteiger partial charge in [0.25, 0.3) is 0 Å². The normalized spacial score (nSPS) is 18.1. The minimum absolute atomic E-state index is 0.105. The molecule has 0 amide bonds. The average Bonchev–Trinajstić information content (AvgIpc) is 3.29. The number of fused-ring (bicyclic) bond motifs is 1. The average molecular weight is 423 g/mol. The molecule has 0 aromatic heterocycles. The molecule has 0 radical (unpaired) electrons. The highest BCUT2D eigenvalue weighted by Crippen LogP contribution is 2.52. The lowest BCUT2D eigenvalue weighted by molar-refractivity contribution is -0.137. The van der Waals surface area contributed by atoms with Crippen molar-refractivity contribution >= 4 is 17.6 Å². The third kappa shape index (κ3) is 3.90. The summed E-state index contributed by atoms with van der Waals surface area (Å²) >= 11 is 6.18. The van der Waals surface area contributed by atoms with Gasteiger partial charge < -0.3 is 14.6 Å². The Hall–Kier alpha value is -2.34. The monoisotopic (exact) mass is 422 g/mol. The molecule has 1 aliphatic heterocycles. The number of benzene rings is 2. The van der Waals surface area contributed by atoms with Crippen molar-refractivity contribution in [3.63, 3.8) is 0 Å². The summed E-state index contributed by atoms with van der Waals surface area (Å²) in [6.07, 6.45) is 1.73. The van der Waals surface area contributed by atoms with E-state index in [4.69, 9.17) is 26.2 Å². The molecule has 1 heterocycles. The van der Waals surface area contributed by atoms with Crippen LogP contribution in [0, 0.1) is 11.6 Å². The van der Waals surface area contributed by atoms with Crippen molar-refractivity contribution in [2.45, 2.75) is 57.2 Å². The molecule has 4 nitrogen and oxygen atoms in total. The zero-order valence-corrected chi connectivity index (χ0v) is 16.9. The third-order valence-corrected chi connectivity index (χ3v) is 5.75. The van der Waals surface area contributed by atoms with E-state index in [-0.39, 0.29) is 18.6 Å². The highest BCUT2D eigenvalue weighted by Gasteiger charge is 2.46. The molecule has 0 unspecified atom stereocenters. The number of carbonyl (C=O) groups is 1. The number of hydrogen-bond donors (Lipinski definition) is 1. The van der Waals surface area contributed by atoms with E-state index >= 15 is 0 Å². The largest absolute Gasteiger partial charge is 0.487 e. The molecule has 0 saturated heterocycles. The molecule has 29 heavy (non-hydrogen) atoms. The lowest BCUT2D eigenvalue weighted by Crippen LogP contribution is -2.25. The maximum absolute atomic E-state index is 14.6. The van der Waals surface area contributed by atoms with Crippen molar-refractivity contribution in [1.29, 1.82) is 0 Å². The molecule has 1 saturated carbocycles. The van der Waals surface area contributed by atoms with E-state index in [1.54, 1.807) is 6.07 Å². The van der Waals surface area contributed by atoms with Crippen molar-refractivity contribution in [3.8, 4) is 11.5 Å². The summed E-state index contributed by atoms with van der Waals surface area (Å²) in [5.74, 6) is -2.55. The minimum Gasteiger partial charge on any atom is -0.487 e. The van der Waals surface area contributed by atoms with E-state index in [2.05, 4.69) is 0 Å². The van der Waals surface area contributed by atoms with Crippen LogP contribution < -0.4 is 9.47 Å². The Bertz CT molecular complexity index is 976. The first-order valence-electron chi connectivity index (χ1n) is 9.43. The van der Waals surface area contributed by atoms with Crippen LogP contribution in [-0.2, 0) is 23.2 Å². The van der Waals surface area contributed by atoms with Gasteiger partial charge in [0.1, 0.15) is 18.0 Å². The second-order valence-electron chi connectivity index (χ2n) is 8.50. The van der Waals surface area contributed by atoms with Gasteiger partial charge in [-0.15, -0.1) is 0 Å². The summed E-state index contributed by atoms with van der Waals surface area (Å²) in [6, 6.07) is 5.84. The Labute approximate surface area is 172 Å². The highest BCUT2D eigenvalue weighted by atomic mass is 35.5. The summed E-state index contributed by atoms with van der Waals surface area (Å²) in [5.41, 5.74) is 0.838. The van der Waals surface area contributed by atoms with Gasteiger partial charge in [0, 0.05) is 22.4 Å². The van der Waals surface area contributed by atoms with Gasteiger partial charge in [-0.25, -0.2) is 8.78 Å². The van der Waals surface area contributed by atoms with Crippen molar-refractivity contribution < 1.29 is 28.2 Å². The first kappa shape index (κ1) is 20.0. The number of carboxylic acid groups (broad SMARTS) is 1. The molecule has 4 rings (SSSR count). The summed E-state index contributed by atoms with van der Waals surface area (Å²) in [7, 11) is 0. The van der Waals surface area contributed by atoms with Crippen molar-refractivity contribution in [2.75, 3.05) is 0 Å². The van der Waals surface area contributed by atoms with Crippen LogP contribution in [0.5, 0.6) is 11.5 Å². The van der Waals surface area contributed by atoms with Gasteiger partial charge in [0.05, 0.1) is 6.42 Å². The summed E-state index contributed by atoms with van der Waals surface area (Å²) in [6.45, 7) is 3.80. The highest BCUT2D eigenvalue weighted by molar-refractivity contribution is 6.30. The second kappa shape index (κ2) is 6.87. The summed E-state index contributed by atoms with van der Waals surface area (Å²) in [5, 5.41) is 9.56. The second-order valence-corrected chi connectivity index (χ2v) is 8.94. The smallest absolute Gasteiger partial charge is 0.304 e.